The number of likely N-dealkylation sites (N-methyl/N-ethyl adjacent to an activating group) is 1. The Bertz CT molecular complexity index is 409. The highest BCUT2D eigenvalue weighted by molar-refractivity contribution is 5.55. The summed E-state index contributed by atoms with van der Waals surface area (Å²) in [6.45, 7) is 22.2. The van der Waals surface area contributed by atoms with E-state index in [4.69, 9.17) is 0 Å². The molecule has 0 amide bonds. The van der Waals surface area contributed by atoms with E-state index in [-0.39, 0.29) is 5.41 Å². The highest BCUT2D eigenvalue weighted by Gasteiger charge is 2.31. The zero-order chi connectivity index (χ0) is 17.4. The summed E-state index contributed by atoms with van der Waals surface area (Å²) in [6.07, 6.45) is 7.45. The molecule has 0 unspecified atom stereocenters. The minimum absolute atomic E-state index is 0.198. The van der Waals surface area contributed by atoms with Crippen LogP contribution in [0.3, 0.4) is 0 Å². The predicted molar refractivity (Wildman–Crippen MR) is 102 cm³/mol. The van der Waals surface area contributed by atoms with Crippen molar-refractivity contribution in [1.29, 1.82) is 0 Å². The van der Waals surface area contributed by atoms with Gasteiger partial charge in [-0.1, -0.05) is 60.1 Å². The summed E-state index contributed by atoms with van der Waals surface area (Å²) in [7, 11) is 0. The van der Waals surface area contributed by atoms with E-state index in [9.17, 15) is 0 Å². The first-order chi connectivity index (χ1) is 10.1. The fourth-order valence-electron chi connectivity index (χ4n) is 2.50. The lowest BCUT2D eigenvalue weighted by molar-refractivity contribution is 0.161. The molecular formula is C20H38N2. The third-order valence-electron chi connectivity index (χ3n) is 4.90. The number of allylic oxidation sites excluding steroid dienone is 3. The van der Waals surface area contributed by atoms with Crippen LogP contribution in [0.5, 0.6) is 0 Å². The minimum Gasteiger partial charge on any atom is -0.311 e. The molecule has 22 heavy (non-hydrogen) atoms. The summed E-state index contributed by atoms with van der Waals surface area (Å²) in [5.41, 5.74) is 3.05. The first kappa shape index (κ1) is 21.1. The molecule has 1 N–H and O–H groups in total. The van der Waals surface area contributed by atoms with Crippen LogP contribution in [0, 0.1) is 16.7 Å². The zero-order valence-corrected chi connectivity index (χ0v) is 16.4. The molecule has 0 aromatic rings. The maximum absolute atomic E-state index is 4.45. The monoisotopic (exact) mass is 306 g/mol. The second-order valence-electron chi connectivity index (χ2n) is 7.88. The van der Waals surface area contributed by atoms with Crippen molar-refractivity contribution in [1.82, 2.24) is 5.32 Å². The van der Waals surface area contributed by atoms with Gasteiger partial charge in [0.1, 0.15) is 0 Å². The molecule has 2 heteroatoms. The van der Waals surface area contributed by atoms with Gasteiger partial charge in [-0.15, -0.1) is 0 Å². The molecule has 0 rings (SSSR count). The lowest BCUT2D eigenvalue weighted by Gasteiger charge is -2.38. The maximum Gasteiger partial charge on any atom is 0.0537 e. The van der Waals surface area contributed by atoms with Gasteiger partial charge >= 0.3 is 0 Å². The Labute approximate surface area is 139 Å². The Kier molecular flexibility index (Phi) is 8.92. The third-order valence-corrected chi connectivity index (χ3v) is 4.90. The predicted octanol–water partition coefficient (Wildman–Crippen LogP) is 5.62. The molecule has 0 spiro atoms. The molecule has 0 radical (unpaired) electrons. The second-order valence-corrected chi connectivity index (χ2v) is 7.88. The molecule has 0 fully saturated rings. The van der Waals surface area contributed by atoms with Crippen molar-refractivity contribution in [3.63, 3.8) is 0 Å². The summed E-state index contributed by atoms with van der Waals surface area (Å²) in [4.78, 5) is 4.45. The number of hydrogen-bond acceptors (Lipinski definition) is 2. The number of rotatable bonds is 9. The van der Waals surface area contributed by atoms with Gasteiger partial charge in [0.15, 0.2) is 0 Å². The molecular weight excluding hydrogens is 268 g/mol. The molecule has 0 aromatic carbocycles. The van der Waals surface area contributed by atoms with E-state index >= 15 is 0 Å². The van der Waals surface area contributed by atoms with Crippen molar-refractivity contribution < 1.29 is 0 Å². The average molecular weight is 307 g/mol. The number of nitrogens with one attached hydrogen (secondary N) is 1. The highest BCUT2D eigenvalue weighted by Crippen LogP contribution is 2.42. The zero-order valence-electron chi connectivity index (χ0n) is 16.4. The van der Waals surface area contributed by atoms with Crippen molar-refractivity contribution in [2.45, 2.75) is 68.7 Å². The molecule has 0 aliphatic rings. The Morgan fingerprint density at radius 1 is 1.14 bits per heavy atom. The fraction of sp³-hybridized carbons (Fsp3) is 0.750. The third kappa shape index (κ3) is 7.40. The smallest absolute Gasteiger partial charge is 0.0537 e. The lowest BCUT2D eigenvalue weighted by Crippen LogP contribution is -2.28. The van der Waals surface area contributed by atoms with Gasteiger partial charge in [0, 0.05) is 12.8 Å². The highest BCUT2D eigenvalue weighted by atomic mass is 14.9. The van der Waals surface area contributed by atoms with E-state index in [1.807, 2.05) is 13.1 Å². The molecule has 0 bridgehead atoms. The first-order valence-corrected chi connectivity index (χ1v) is 8.64. The second kappa shape index (κ2) is 9.29. The summed E-state index contributed by atoms with van der Waals surface area (Å²) >= 11 is 0. The van der Waals surface area contributed by atoms with E-state index in [1.165, 1.54) is 12.0 Å². The summed E-state index contributed by atoms with van der Waals surface area (Å²) < 4.78 is 0. The molecule has 0 heterocycles. The van der Waals surface area contributed by atoms with Crippen molar-refractivity contribution >= 4 is 6.21 Å². The summed E-state index contributed by atoms with van der Waals surface area (Å²) in [5, 5.41) is 3.34. The molecule has 0 saturated heterocycles. The molecule has 0 aliphatic carbocycles. The van der Waals surface area contributed by atoms with Crippen LogP contribution < -0.4 is 5.32 Å². The van der Waals surface area contributed by atoms with Crippen molar-refractivity contribution in [2.75, 3.05) is 13.1 Å². The van der Waals surface area contributed by atoms with E-state index in [0.717, 1.165) is 18.8 Å². The van der Waals surface area contributed by atoms with Gasteiger partial charge in [-0.25, -0.2) is 0 Å². The largest absolute Gasteiger partial charge is 0.311 e. The summed E-state index contributed by atoms with van der Waals surface area (Å²) in [6, 6.07) is 0. The summed E-state index contributed by atoms with van der Waals surface area (Å²) in [5.74, 6) is 0.684. The molecule has 0 aliphatic heterocycles. The molecule has 0 aromatic heterocycles. The quantitative estimate of drug-likeness (QED) is 0.434. The van der Waals surface area contributed by atoms with Crippen LogP contribution in [-0.2, 0) is 0 Å². The van der Waals surface area contributed by atoms with E-state index in [2.05, 4.69) is 77.9 Å². The van der Waals surface area contributed by atoms with Crippen LogP contribution in [0.2, 0.25) is 0 Å². The number of hydrogen-bond donors (Lipinski definition) is 1. The average Bonchev–Trinajstić information content (AvgIpc) is 2.40. The maximum atomic E-state index is 4.45. The molecule has 0 atom stereocenters. The molecule has 0 saturated carbocycles. The fourth-order valence-corrected chi connectivity index (χ4v) is 2.50. The van der Waals surface area contributed by atoms with E-state index in [0.29, 0.717) is 11.3 Å². The molecule has 2 nitrogen and oxygen atoms in total. The van der Waals surface area contributed by atoms with Crippen LogP contribution in [0.25, 0.3) is 0 Å². The van der Waals surface area contributed by atoms with Crippen LogP contribution in [0.4, 0.5) is 0 Å². The van der Waals surface area contributed by atoms with E-state index < -0.39 is 0 Å². The standard InChI is InChI=1S/C20H38N2/c1-10-21-14-18(22-11-2)13-12-17(5)20(8,9)15-19(6,7)16(3)4/h11-13,16,21H,10,14-15H2,1-9H3/b17-12+,18-13-,22-11?. The van der Waals surface area contributed by atoms with Gasteiger partial charge in [0.2, 0.25) is 0 Å². The Hall–Kier alpha value is -0.890. The topological polar surface area (TPSA) is 24.4 Å². The van der Waals surface area contributed by atoms with Gasteiger partial charge < -0.3 is 5.32 Å². The van der Waals surface area contributed by atoms with Crippen molar-refractivity contribution in [3.8, 4) is 0 Å². The lowest BCUT2D eigenvalue weighted by atomic mass is 9.67. The van der Waals surface area contributed by atoms with Gasteiger partial charge in [-0.05, 0) is 49.6 Å². The SMILES string of the molecule is CC=N/C(=C\C=C(/C)C(C)(C)CC(C)(C)C(C)C)CNCC. The van der Waals surface area contributed by atoms with Gasteiger partial charge in [-0.2, -0.15) is 0 Å². The van der Waals surface area contributed by atoms with Gasteiger partial charge in [0.25, 0.3) is 0 Å². The van der Waals surface area contributed by atoms with Gasteiger partial charge in [-0.3, -0.25) is 4.99 Å². The normalized spacial score (nSPS) is 15.2. The van der Waals surface area contributed by atoms with Crippen LogP contribution in [0.1, 0.15) is 68.7 Å². The van der Waals surface area contributed by atoms with Crippen molar-refractivity contribution in [2.24, 2.45) is 21.7 Å². The van der Waals surface area contributed by atoms with Crippen LogP contribution in [-0.4, -0.2) is 19.3 Å². The molecule has 128 valence electrons. The Balaban J connectivity index is 5.14. The van der Waals surface area contributed by atoms with Gasteiger partial charge in [0.05, 0.1) is 5.70 Å². The van der Waals surface area contributed by atoms with Crippen LogP contribution >= 0.6 is 0 Å². The first-order valence-electron chi connectivity index (χ1n) is 8.64. The van der Waals surface area contributed by atoms with E-state index in [1.54, 1.807) is 0 Å². The number of aliphatic imine (C=N–C) groups is 1. The Morgan fingerprint density at radius 2 is 1.73 bits per heavy atom. The minimum atomic E-state index is 0.198. The van der Waals surface area contributed by atoms with Crippen LogP contribution in [0.15, 0.2) is 28.4 Å². The number of nitrogens with zero attached hydrogens (tertiary/aromatic N) is 1. The Morgan fingerprint density at radius 3 is 2.18 bits per heavy atom. The van der Waals surface area contributed by atoms with Crippen molar-refractivity contribution in [3.05, 3.63) is 23.4 Å².